The van der Waals surface area contributed by atoms with Crippen LogP contribution in [-0.4, -0.2) is 9.97 Å². The lowest BCUT2D eigenvalue weighted by Gasteiger charge is -2.03. The van der Waals surface area contributed by atoms with E-state index in [-0.39, 0.29) is 0 Å². The molecule has 0 aliphatic rings. The summed E-state index contributed by atoms with van der Waals surface area (Å²) in [5, 5.41) is 7.87. The fraction of sp³-hybridized carbons (Fsp3) is 0.143. The van der Waals surface area contributed by atoms with E-state index in [4.69, 9.17) is 11.6 Å². The van der Waals surface area contributed by atoms with E-state index in [1.165, 1.54) is 0 Å². The van der Waals surface area contributed by atoms with Gasteiger partial charge in [-0.1, -0.05) is 23.7 Å². The first-order chi connectivity index (χ1) is 9.63. The molecular weight excluding hydrogens is 310 g/mol. The number of nitrogens with one attached hydrogen (secondary N) is 1. The van der Waals surface area contributed by atoms with Crippen molar-refractivity contribution in [3.05, 3.63) is 45.4 Å². The van der Waals surface area contributed by atoms with Crippen LogP contribution in [0.5, 0.6) is 0 Å². The van der Waals surface area contributed by atoms with Crippen LogP contribution in [-0.2, 0) is 0 Å². The summed E-state index contributed by atoms with van der Waals surface area (Å²) in [6.45, 7) is 4.02. The van der Waals surface area contributed by atoms with E-state index in [0.717, 1.165) is 32.1 Å². The summed E-state index contributed by atoms with van der Waals surface area (Å²) in [6.07, 6.45) is 0. The highest BCUT2D eigenvalue weighted by Gasteiger charge is 2.12. The normalized spacial score (nSPS) is 10.8. The number of aryl methyl sites for hydroxylation is 2. The molecule has 102 valence electrons. The van der Waals surface area contributed by atoms with Gasteiger partial charge in [0.05, 0.1) is 32.0 Å². The third-order valence-electron chi connectivity index (χ3n) is 2.76. The SMILES string of the molecule is Cc1nc(C)c(-c2csc(Nc3ccccc3Cl)n2)s1. The van der Waals surface area contributed by atoms with Crippen molar-refractivity contribution >= 4 is 45.1 Å². The van der Waals surface area contributed by atoms with Crippen LogP contribution in [0, 0.1) is 13.8 Å². The zero-order chi connectivity index (χ0) is 14.1. The van der Waals surface area contributed by atoms with E-state index in [1.54, 1.807) is 22.7 Å². The van der Waals surface area contributed by atoms with Crippen LogP contribution in [0.3, 0.4) is 0 Å². The maximum absolute atomic E-state index is 6.13. The lowest BCUT2D eigenvalue weighted by atomic mass is 10.3. The van der Waals surface area contributed by atoms with Crippen molar-refractivity contribution in [2.24, 2.45) is 0 Å². The third kappa shape index (κ3) is 2.70. The summed E-state index contributed by atoms with van der Waals surface area (Å²) in [5.74, 6) is 0. The van der Waals surface area contributed by atoms with E-state index < -0.39 is 0 Å². The summed E-state index contributed by atoms with van der Waals surface area (Å²) in [6, 6.07) is 7.64. The van der Waals surface area contributed by atoms with Crippen LogP contribution in [0.4, 0.5) is 10.8 Å². The first-order valence-electron chi connectivity index (χ1n) is 6.05. The standard InChI is InChI=1S/C14H12ClN3S2/c1-8-13(20-9(2)16-8)12-7-19-14(18-12)17-11-6-4-3-5-10(11)15/h3-7H,1-2H3,(H,17,18). The quantitative estimate of drug-likeness (QED) is 0.713. The molecular formula is C14H12ClN3S2. The fourth-order valence-corrected chi connectivity index (χ4v) is 3.73. The molecule has 0 saturated carbocycles. The largest absolute Gasteiger partial charge is 0.330 e. The van der Waals surface area contributed by atoms with E-state index in [1.807, 2.05) is 43.5 Å². The van der Waals surface area contributed by atoms with Crippen LogP contribution < -0.4 is 5.32 Å². The number of nitrogens with zero attached hydrogens (tertiary/aromatic N) is 2. The Morgan fingerprint density at radius 2 is 1.95 bits per heavy atom. The van der Waals surface area contributed by atoms with Gasteiger partial charge in [0.1, 0.15) is 0 Å². The smallest absolute Gasteiger partial charge is 0.187 e. The van der Waals surface area contributed by atoms with Gasteiger partial charge in [0.15, 0.2) is 5.13 Å². The summed E-state index contributed by atoms with van der Waals surface area (Å²) >= 11 is 9.37. The number of aromatic nitrogens is 2. The molecule has 1 N–H and O–H groups in total. The molecule has 6 heteroatoms. The Morgan fingerprint density at radius 3 is 2.65 bits per heavy atom. The Balaban J connectivity index is 1.88. The van der Waals surface area contributed by atoms with E-state index >= 15 is 0 Å². The van der Waals surface area contributed by atoms with Crippen LogP contribution in [0.25, 0.3) is 10.6 Å². The van der Waals surface area contributed by atoms with Crippen LogP contribution >= 0.6 is 34.3 Å². The van der Waals surface area contributed by atoms with Crippen LogP contribution in [0.15, 0.2) is 29.6 Å². The molecule has 2 heterocycles. The van der Waals surface area contributed by atoms with Crippen LogP contribution in [0.1, 0.15) is 10.7 Å². The lowest BCUT2D eigenvalue weighted by molar-refractivity contribution is 1.20. The highest BCUT2D eigenvalue weighted by atomic mass is 35.5. The maximum atomic E-state index is 6.13. The number of anilines is 2. The molecule has 0 aliphatic heterocycles. The third-order valence-corrected chi connectivity index (χ3v) is 4.94. The Bertz CT molecular complexity index is 748. The summed E-state index contributed by atoms with van der Waals surface area (Å²) in [4.78, 5) is 10.2. The minimum Gasteiger partial charge on any atom is -0.330 e. The van der Waals surface area contributed by atoms with Crippen molar-refractivity contribution in [2.45, 2.75) is 13.8 Å². The second kappa shape index (κ2) is 5.52. The van der Waals surface area contributed by atoms with Gasteiger partial charge in [-0.2, -0.15) is 0 Å². The molecule has 0 spiro atoms. The number of thiazole rings is 2. The van der Waals surface area contributed by atoms with Crippen molar-refractivity contribution < 1.29 is 0 Å². The molecule has 0 aliphatic carbocycles. The number of hydrogen-bond acceptors (Lipinski definition) is 5. The Hall–Kier alpha value is -1.43. The van der Waals surface area contributed by atoms with E-state index in [2.05, 4.69) is 15.3 Å². The molecule has 0 atom stereocenters. The van der Waals surface area contributed by atoms with Gasteiger partial charge in [-0.3, -0.25) is 0 Å². The second-order valence-corrected chi connectivity index (χ2v) is 6.76. The predicted molar refractivity (Wildman–Crippen MR) is 87.4 cm³/mol. The summed E-state index contributed by atoms with van der Waals surface area (Å²) in [5.41, 5.74) is 2.86. The molecule has 0 saturated heterocycles. The average Bonchev–Trinajstić information content (AvgIpc) is 2.99. The molecule has 3 nitrogen and oxygen atoms in total. The minimum absolute atomic E-state index is 0.689. The molecule has 0 bridgehead atoms. The van der Waals surface area contributed by atoms with Crippen molar-refractivity contribution in [1.29, 1.82) is 0 Å². The van der Waals surface area contributed by atoms with Gasteiger partial charge in [-0.25, -0.2) is 9.97 Å². The molecule has 2 aromatic heterocycles. The minimum atomic E-state index is 0.689. The van der Waals surface area contributed by atoms with Crippen molar-refractivity contribution in [2.75, 3.05) is 5.32 Å². The Morgan fingerprint density at radius 1 is 1.15 bits per heavy atom. The van der Waals surface area contributed by atoms with Gasteiger partial charge in [-0.05, 0) is 26.0 Å². The van der Waals surface area contributed by atoms with E-state index in [0.29, 0.717) is 5.02 Å². The topological polar surface area (TPSA) is 37.8 Å². The maximum Gasteiger partial charge on any atom is 0.187 e. The van der Waals surface area contributed by atoms with Gasteiger partial charge in [0.25, 0.3) is 0 Å². The fourth-order valence-electron chi connectivity index (χ4n) is 1.88. The molecule has 0 unspecified atom stereocenters. The van der Waals surface area contributed by atoms with Gasteiger partial charge >= 0.3 is 0 Å². The predicted octanol–water partition coefficient (Wildman–Crippen LogP) is 5.28. The molecule has 0 radical (unpaired) electrons. The van der Waals surface area contributed by atoms with Gasteiger partial charge in [-0.15, -0.1) is 22.7 Å². The van der Waals surface area contributed by atoms with Gasteiger partial charge in [0, 0.05) is 5.38 Å². The molecule has 3 aromatic rings. The summed E-state index contributed by atoms with van der Waals surface area (Å²) in [7, 11) is 0. The highest BCUT2D eigenvalue weighted by Crippen LogP contribution is 2.33. The molecule has 0 fully saturated rings. The Labute approximate surface area is 130 Å². The van der Waals surface area contributed by atoms with Gasteiger partial charge < -0.3 is 5.32 Å². The first-order valence-corrected chi connectivity index (χ1v) is 8.12. The van der Waals surface area contributed by atoms with E-state index in [9.17, 15) is 0 Å². The monoisotopic (exact) mass is 321 g/mol. The number of benzene rings is 1. The summed E-state index contributed by atoms with van der Waals surface area (Å²) < 4.78 is 0. The van der Waals surface area contributed by atoms with Gasteiger partial charge in [0.2, 0.25) is 0 Å². The average molecular weight is 322 g/mol. The number of rotatable bonds is 3. The lowest BCUT2D eigenvalue weighted by Crippen LogP contribution is -1.90. The molecule has 3 rings (SSSR count). The molecule has 1 aromatic carbocycles. The molecule has 0 amide bonds. The second-order valence-electron chi connectivity index (χ2n) is 4.29. The highest BCUT2D eigenvalue weighted by molar-refractivity contribution is 7.16. The Kier molecular flexibility index (Phi) is 3.74. The molecule has 20 heavy (non-hydrogen) atoms. The number of halogens is 1. The first kappa shape index (κ1) is 13.5. The number of hydrogen-bond donors (Lipinski definition) is 1. The zero-order valence-corrected chi connectivity index (χ0v) is 13.4. The van der Waals surface area contributed by atoms with Crippen molar-refractivity contribution in [3.8, 4) is 10.6 Å². The van der Waals surface area contributed by atoms with Crippen molar-refractivity contribution in [3.63, 3.8) is 0 Å². The van der Waals surface area contributed by atoms with Crippen molar-refractivity contribution in [1.82, 2.24) is 9.97 Å². The van der Waals surface area contributed by atoms with Crippen LogP contribution in [0.2, 0.25) is 5.02 Å². The zero-order valence-electron chi connectivity index (χ0n) is 11.0. The number of para-hydroxylation sites is 1.